The molecular weight excluding hydrogens is 702 g/mol. The van der Waals surface area contributed by atoms with Gasteiger partial charge in [-0.3, -0.25) is 4.79 Å². The predicted molar refractivity (Wildman–Crippen MR) is 223 cm³/mol. The lowest BCUT2D eigenvalue weighted by molar-refractivity contribution is -0.122. The van der Waals surface area contributed by atoms with Crippen LogP contribution in [0.2, 0.25) is 0 Å². The molecule has 7 nitrogen and oxygen atoms in total. The van der Waals surface area contributed by atoms with Crippen molar-refractivity contribution in [3.8, 4) is 0 Å². The van der Waals surface area contributed by atoms with Crippen molar-refractivity contribution in [2.75, 3.05) is 67.5 Å². The van der Waals surface area contributed by atoms with Gasteiger partial charge < -0.3 is 25.8 Å². The maximum atomic E-state index is 13.1. The Kier molecular flexibility index (Phi) is 22.4. The molecule has 2 heterocycles. The van der Waals surface area contributed by atoms with Gasteiger partial charge in [0.25, 0.3) is 0 Å². The minimum atomic E-state index is -0.163. The van der Waals surface area contributed by atoms with Crippen LogP contribution < -0.4 is 20.8 Å². The van der Waals surface area contributed by atoms with Gasteiger partial charge in [0.1, 0.15) is 17.4 Å². The van der Waals surface area contributed by atoms with E-state index in [-0.39, 0.29) is 11.6 Å². The first-order valence-corrected chi connectivity index (χ1v) is 21.4. The van der Waals surface area contributed by atoms with Crippen molar-refractivity contribution >= 4 is 17.6 Å². The number of rotatable bonds is 11. The van der Waals surface area contributed by atoms with Crippen molar-refractivity contribution in [2.45, 2.75) is 109 Å². The first-order valence-electron chi connectivity index (χ1n) is 21.0. The summed E-state index contributed by atoms with van der Waals surface area (Å²) >= 11 is 4.75. The van der Waals surface area contributed by atoms with Gasteiger partial charge in [0.05, 0.1) is 0 Å². The summed E-state index contributed by atoms with van der Waals surface area (Å²) in [5.41, 5.74) is 2.50. The summed E-state index contributed by atoms with van der Waals surface area (Å²) in [7, 11) is 7.87. The fourth-order valence-corrected chi connectivity index (χ4v) is 9.31. The summed E-state index contributed by atoms with van der Waals surface area (Å²) in [5, 5.41) is 10.4. The summed E-state index contributed by atoms with van der Waals surface area (Å²) in [6.07, 6.45) is 13.4. The number of likely N-dealkylation sites (tertiary alicyclic amines) is 2. The fourth-order valence-electron chi connectivity index (χ4n) is 9.31. The third-order valence-electron chi connectivity index (χ3n) is 12.0. The van der Waals surface area contributed by atoms with Gasteiger partial charge in [0, 0.05) is 57.1 Å². The normalized spacial score (nSPS) is 27.7. The summed E-state index contributed by atoms with van der Waals surface area (Å²) < 4.78 is 26.1. The van der Waals surface area contributed by atoms with E-state index in [9.17, 15) is 13.6 Å². The fraction of sp³-hybridized carbons (Fsp3) is 0.705. The van der Waals surface area contributed by atoms with Crippen LogP contribution in [0.1, 0.15) is 89.2 Å². The topological polar surface area (TPSA) is 71.7 Å². The van der Waals surface area contributed by atoms with Crippen molar-refractivity contribution < 1.29 is 13.6 Å². The van der Waals surface area contributed by atoms with Crippen molar-refractivity contribution in [1.82, 2.24) is 30.6 Å². The van der Waals surface area contributed by atoms with Crippen LogP contribution in [-0.2, 0) is 17.6 Å². The molecule has 0 radical (unpaired) electrons. The zero-order chi connectivity index (χ0) is 39.3. The molecule has 2 aromatic carbocycles. The molecule has 0 bridgehead atoms. The zero-order valence-electron chi connectivity index (χ0n) is 34.3. The second kappa shape index (κ2) is 26.0. The predicted octanol–water partition coefficient (Wildman–Crippen LogP) is 7.48. The summed E-state index contributed by atoms with van der Waals surface area (Å²) in [6, 6.07) is 15.8. The monoisotopic (exact) mass is 775 g/mol. The number of nitrogens with one attached hydrogen (secondary N) is 4. The van der Waals surface area contributed by atoms with Crippen LogP contribution in [0.25, 0.3) is 0 Å². The van der Waals surface area contributed by atoms with Crippen LogP contribution in [0.5, 0.6) is 0 Å². The maximum absolute atomic E-state index is 13.1. The minimum Gasteiger partial charge on any atom is -0.317 e. The molecule has 4 fully saturated rings. The minimum absolute atomic E-state index is 0.136. The number of hydrogen-bond donors (Lipinski definition) is 4. The highest BCUT2D eigenvalue weighted by molar-refractivity contribution is 6.13. The lowest BCUT2D eigenvalue weighted by atomic mass is 9.80. The molecule has 0 aromatic heterocycles. The number of nitrogens with zero attached hydrogens (tertiary/aromatic N) is 2. The van der Waals surface area contributed by atoms with Crippen LogP contribution in [-0.4, -0.2) is 101 Å². The van der Waals surface area contributed by atoms with Gasteiger partial charge in [-0.25, -0.2) is 13.6 Å². The van der Waals surface area contributed by atoms with E-state index in [4.69, 9.17) is 11.8 Å². The Balaban J connectivity index is 0.000000260. The van der Waals surface area contributed by atoms with Crippen LogP contribution in [0.15, 0.2) is 48.5 Å². The Morgan fingerprint density at radius 3 is 1.59 bits per heavy atom. The van der Waals surface area contributed by atoms with E-state index in [1.54, 1.807) is 31.3 Å². The maximum Gasteiger partial charge on any atom is 0.133 e. The first kappa shape index (κ1) is 46.4. The van der Waals surface area contributed by atoms with E-state index >= 15 is 0 Å². The molecule has 6 rings (SSSR count). The van der Waals surface area contributed by atoms with Gasteiger partial charge in [-0.05, 0) is 176 Å². The average molecular weight is 776 g/mol. The molecular formula is C44H73ClF2N6O. The zero-order valence-corrected chi connectivity index (χ0v) is 35.1. The second-order valence-corrected chi connectivity index (χ2v) is 16.2. The Bertz CT molecular complexity index is 1290. The van der Waals surface area contributed by atoms with E-state index in [0.717, 1.165) is 57.7 Å². The molecule has 54 heavy (non-hydrogen) atoms. The number of Topliss-reactive ketones (excluding diaryl/α,β-unsaturated/α-hetero) is 1. The number of hydrogen-bond acceptors (Lipinski definition) is 7. The smallest absolute Gasteiger partial charge is 0.133 e. The number of carbonyl (C=O) groups is 1. The van der Waals surface area contributed by atoms with Crippen LogP contribution >= 0.6 is 11.8 Å². The molecule has 10 heteroatoms. The molecule has 2 saturated heterocycles. The van der Waals surface area contributed by atoms with E-state index in [1.807, 2.05) is 45.2 Å². The van der Waals surface area contributed by atoms with Crippen molar-refractivity contribution in [1.29, 1.82) is 0 Å². The van der Waals surface area contributed by atoms with Gasteiger partial charge in [-0.15, -0.1) is 0 Å². The van der Waals surface area contributed by atoms with Crippen LogP contribution in [0.4, 0.5) is 8.78 Å². The van der Waals surface area contributed by atoms with Crippen molar-refractivity contribution in [2.24, 2.45) is 23.7 Å². The number of carbonyl (C=O) groups excluding carboxylic acids is 1. The van der Waals surface area contributed by atoms with E-state index in [0.29, 0.717) is 41.7 Å². The number of piperidine rings is 2. The van der Waals surface area contributed by atoms with Crippen LogP contribution in [0, 0.1) is 35.3 Å². The lowest BCUT2D eigenvalue weighted by Crippen LogP contribution is -2.49. The highest BCUT2D eigenvalue weighted by Gasteiger charge is 2.33. The molecule has 0 unspecified atom stereocenters. The van der Waals surface area contributed by atoms with E-state index < -0.39 is 0 Å². The molecule has 306 valence electrons. The summed E-state index contributed by atoms with van der Waals surface area (Å²) in [6.45, 7) is 10.9. The Hall–Kier alpha value is -1.98. The van der Waals surface area contributed by atoms with Gasteiger partial charge in [0.15, 0.2) is 0 Å². The molecule has 2 aliphatic heterocycles. The van der Waals surface area contributed by atoms with Gasteiger partial charge in [-0.2, -0.15) is 0 Å². The molecule has 2 aromatic rings. The number of halogens is 3. The van der Waals surface area contributed by atoms with Gasteiger partial charge >= 0.3 is 0 Å². The standard InChI is InChI=1S/C21H34FN3.C20H29FN2O.C2H6.CH4ClN/c1-23-20-9-10-21(24-2)18(13-20)15-25-11-3-4-17(14-25)12-16-5-7-19(22)8-6-16;1-22-20-9-8-19(24)12-17(20)14-23-10-2-3-16(13-23)11-15-4-6-18(21)7-5-15;1-2;1-3-2/h5-8,17-18,20-21,23-24H,3-4,9-15H2,1-2H3;4-7,16-17,20,22H,2-3,8-14H2,1H3;1-2H3;3H,1H3/t17-,18-,20+,21+;16-,17-,20+;;/m00../s1. The summed E-state index contributed by atoms with van der Waals surface area (Å²) in [4.78, 5) is 19.3. The molecule has 7 atom stereocenters. The Labute approximate surface area is 332 Å². The molecule has 0 spiro atoms. The third kappa shape index (κ3) is 16.2. The van der Waals surface area contributed by atoms with Gasteiger partial charge in [-0.1, -0.05) is 38.1 Å². The van der Waals surface area contributed by atoms with E-state index in [1.165, 1.54) is 75.7 Å². The SMILES string of the molecule is CC.CNCl.CN[C@@H]1CCC(=O)C[C@H]1CN1CCC[C@@H](Cc2ccc(F)cc2)C1.CN[C@@H]1CC[C@@H](NC)[C@H](CN2CCC[C@@H](Cc3ccc(F)cc3)C2)C1. The lowest BCUT2D eigenvalue weighted by Gasteiger charge is -2.41. The van der Waals surface area contributed by atoms with Crippen molar-refractivity contribution in [3.05, 3.63) is 71.3 Å². The van der Waals surface area contributed by atoms with Gasteiger partial charge in [0.2, 0.25) is 0 Å². The van der Waals surface area contributed by atoms with E-state index in [2.05, 4.69) is 44.7 Å². The summed E-state index contributed by atoms with van der Waals surface area (Å²) in [5.74, 6) is 2.65. The molecule has 4 N–H and O–H groups in total. The molecule has 2 saturated carbocycles. The highest BCUT2D eigenvalue weighted by Crippen LogP contribution is 2.29. The average Bonchev–Trinajstić information content (AvgIpc) is 3.18. The quantitative estimate of drug-likeness (QED) is 0.177. The number of ketones is 1. The van der Waals surface area contributed by atoms with Crippen LogP contribution in [0.3, 0.4) is 0 Å². The molecule has 4 aliphatic rings. The molecule has 0 amide bonds. The molecule has 2 aliphatic carbocycles. The highest BCUT2D eigenvalue weighted by atomic mass is 35.5. The first-order chi connectivity index (χ1) is 26.2. The third-order valence-corrected chi connectivity index (χ3v) is 12.0. The van der Waals surface area contributed by atoms with Crippen molar-refractivity contribution in [3.63, 3.8) is 0 Å². The number of benzene rings is 2. The largest absolute Gasteiger partial charge is 0.317 e. The second-order valence-electron chi connectivity index (χ2n) is 15.8. The Morgan fingerprint density at radius 2 is 1.13 bits per heavy atom. The Morgan fingerprint density at radius 1 is 0.667 bits per heavy atom.